The van der Waals surface area contributed by atoms with Crippen LogP contribution < -0.4 is 10.6 Å². The minimum absolute atomic E-state index is 0.0133. The first-order chi connectivity index (χ1) is 12.2. The molecule has 142 valence electrons. The Morgan fingerprint density at radius 1 is 1.19 bits per heavy atom. The lowest BCUT2D eigenvalue weighted by Gasteiger charge is -2.23. The lowest BCUT2D eigenvalue weighted by Crippen LogP contribution is -2.36. The summed E-state index contributed by atoms with van der Waals surface area (Å²) in [6.45, 7) is 0.372. The highest BCUT2D eigenvalue weighted by molar-refractivity contribution is 7.91. The molecule has 0 bridgehead atoms. The van der Waals surface area contributed by atoms with Crippen LogP contribution >= 0.6 is 11.3 Å². The number of anilines is 1. The number of carbonyl (C=O) groups excluding carboxylic acids is 1. The highest BCUT2D eigenvalue weighted by Crippen LogP contribution is 2.23. The fraction of sp³-hybridized carbons (Fsp3) is 0.312. The van der Waals surface area contributed by atoms with Crippen molar-refractivity contribution in [3.8, 4) is 0 Å². The van der Waals surface area contributed by atoms with E-state index in [4.69, 9.17) is 0 Å². The van der Waals surface area contributed by atoms with Crippen molar-refractivity contribution in [3.63, 3.8) is 0 Å². The maximum absolute atomic E-state index is 12.5. The number of amides is 2. The van der Waals surface area contributed by atoms with Gasteiger partial charge in [-0.15, -0.1) is 11.3 Å². The number of likely N-dealkylation sites (N-methyl/N-ethyl adjacent to an activating group) is 1. The van der Waals surface area contributed by atoms with Crippen LogP contribution in [0.1, 0.15) is 10.9 Å². The molecule has 1 unspecified atom stereocenters. The van der Waals surface area contributed by atoms with Gasteiger partial charge < -0.3 is 15.5 Å². The third kappa shape index (κ3) is 4.99. The number of urea groups is 1. The van der Waals surface area contributed by atoms with Gasteiger partial charge >= 0.3 is 11.8 Å². The summed E-state index contributed by atoms with van der Waals surface area (Å²) in [4.78, 5) is 14.6. The molecule has 1 aromatic carbocycles. The summed E-state index contributed by atoms with van der Waals surface area (Å²) in [5.74, 6) is -3.48. The summed E-state index contributed by atoms with van der Waals surface area (Å²) in [6.07, 6.45) is 0. The molecule has 2 aromatic rings. The van der Waals surface area contributed by atoms with E-state index in [1.165, 1.54) is 12.1 Å². The topological polar surface area (TPSA) is 78.5 Å². The Balaban J connectivity index is 1.95. The largest absolute Gasteiger partial charge is 0.341 e. The Hall–Kier alpha value is -2.04. The first-order valence-electron chi connectivity index (χ1n) is 7.58. The van der Waals surface area contributed by atoms with Gasteiger partial charge in [0.15, 0.2) is 0 Å². The van der Waals surface area contributed by atoms with Crippen LogP contribution in [-0.2, 0) is 9.84 Å². The average Bonchev–Trinajstić information content (AvgIpc) is 3.09. The fourth-order valence-electron chi connectivity index (χ4n) is 2.21. The zero-order valence-corrected chi connectivity index (χ0v) is 15.8. The number of sulfone groups is 1. The van der Waals surface area contributed by atoms with Crippen molar-refractivity contribution in [2.45, 2.75) is 16.7 Å². The number of hydrogen-bond donors (Lipinski definition) is 2. The first kappa shape index (κ1) is 20.3. The molecule has 1 atom stereocenters. The van der Waals surface area contributed by atoms with Crippen LogP contribution in [0.2, 0.25) is 0 Å². The van der Waals surface area contributed by atoms with Crippen molar-refractivity contribution in [1.29, 1.82) is 0 Å². The maximum Gasteiger partial charge on any atom is 0.341 e. The second-order valence-electron chi connectivity index (χ2n) is 5.66. The molecular formula is C16H19F2N3O3S2. The third-order valence-electron chi connectivity index (χ3n) is 3.63. The van der Waals surface area contributed by atoms with E-state index in [0.717, 1.165) is 17.0 Å². The fourth-order valence-corrected chi connectivity index (χ4v) is 3.86. The molecule has 2 rings (SSSR count). The monoisotopic (exact) mass is 403 g/mol. The van der Waals surface area contributed by atoms with E-state index in [1.807, 2.05) is 36.5 Å². The molecule has 2 amide bonds. The minimum atomic E-state index is -4.64. The number of thiophene rings is 1. The number of hydrogen-bond acceptors (Lipinski definition) is 5. The normalized spacial score (nSPS) is 13.0. The highest BCUT2D eigenvalue weighted by atomic mass is 32.2. The van der Waals surface area contributed by atoms with Crippen molar-refractivity contribution >= 4 is 32.9 Å². The van der Waals surface area contributed by atoms with E-state index in [2.05, 4.69) is 10.6 Å². The molecule has 1 aromatic heterocycles. The first-order valence-corrected chi connectivity index (χ1v) is 10.0. The second kappa shape index (κ2) is 8.56. The molecule has 0 saturated carbocycles. The Morgan fingerprint density at radius 2 is 1.85 bits per heavy atom. The molecule has 0 radical (unpaired) electrons. The van der Waals surface area contributed by atoms with E-state index in [0.29, 0.717) is 12.2 Å². The van der Waals surface area contributed by atoms with Crippen molar-refractivity contribution in [2.24, 2.45) is 0 Å². The Morgan fingerprint density at radius 3 is 2.35 bits per heavy atom. The maximum atomic E-state index is 12.5. The molecule has 2 N–H and O–H groups in total. The van der Waals surface area contributed by atoms with E-state index in [9.17, 15) is 22.0 Å². The molecule has 0 aliphatic heterocycles. The number of rotatable bonds is 7. The zero-order valence-electron chi connectivity index (χ0n) is 14.1. The standard InChI is InChI=1S/C16H19F2N3O3S2/c1-21(2)13(14-4-3-9-25-14)10-19-16(22)20-11-5-7-12(8-6-11)26(23,24)15(17)18/h3-9,13,15H,10H2,1-2H3,(H2,19,20,22). The van der Waals surface area contributed by atoms with Gasteiger partial charge in [0.05, 0.1) is 10.9 Å². The summed E-state index contributed by atoms with van der Waals surface area (Å²) in [5.41, 5.74) is 0.299. The van der Waals surface area contributed by atoms with Gasteiger partial charge in [-0.3, -0.25) is 0 Å². The lowest BCUT2D eigenvalue weighted by atomic mass is 10.2. The summed E-state index contributed by atoms with van der Waals surface area (Å²) in [7, 11) is -0.827. The van der Waals surface area contributed by atoms with Gasteiger partial charge in [0.1, 0.15) is 0 Å². The summed E-state index contributed by atoms with van der Waals surface area (Å²) in [5, 5.41) is 7.24. The highest BCUT2D eigenvalue weighted by Gasteiger charge is 2.26. The molecular weight excluding hydrogens is 384 g/mol. The van der Waals surface area contributed by atoms with E-state index in [-0.39, 0.29) is 6.04 Å². The number of benzene rings is 1. The average molecular weight is 403 g/mol. The van der Waals surface area contributed by atoms with Crippen LogP contribution in [0.15, 0.2) is 46.7 Å². The number of alkyl halides is 2. The molecule has 0 aliphatic carbocycles. The van der Waals surface area contributed by atoms with Gasteiger partial charge in [0.25, 0.3) is 0 Å². The molecule has 0 fully saturated rings. The van der Waals surface area contributed by atoms with E-state index in [1.54, 1.807) is 11.3 Å². The number of halogens is 2. The van der Waals surface area contributed by atoms with Crippen LogP contribution in [0.3, 0.4) is 0 Å². The third-order valence-corrected chi connectivity index (χ3v) is 6.00. The molecule has 0 spiro atoms. The predicted molar refractivity (Wildman–Crippen MR) is 97.4 cm³/mol. The quantitative estimate of drug-likeness (QED) is 0.744. The van der Waals surface area contributed by atoms with Crippen LogP contribution in [0.5, 0.6) is 0 Å². The van der Waals surface area contributed by atoms with Crippen molar-refractivity contribution in [3.05, 3.63) is 46.7 Å². The predicted octanol–water partition coefficient (Wildman–Crippen LogP) is 3.17. The van der Waals surface area contributed by atoms with Crippen molar-refractivity contribution in [1.82, 2.24) is 10.2 Å². The van der Waals surface area contributed by atoms with Crippen molar-refractivity contribution < 1.29 is 22.0 Å². The van der Waals surface area contributed by atoms with Crippen LogP contribution in [0.25, 0.3) is 0 Å². The Kier molecular flexibility index (Phi) is 6.68. The molecule has 0 aliphatic rings. The van der Waals surface area contributed by atoms with Gasteiger partial charge in [-0.05, 0) is 49.8 Å². The van der Waals surface area contributed by atoms with Crippen molar-refractivity contribution in [2.75, 3.05) is 26.0 Å². The van der Waals surface area contributed by atoms with Gasteiger partial charge in [0.2, 0.25) is 9.84 Å². The second-order valence-corrected chi connectivity index (χ2v) is 8.56. The molecule has 26 heavy (non-hydrogen) atoms. The summed E-state index contributed by atoms with van der Waals surface area (Å²) >= 11 is 1.59. The number of carbonyl (C=O) groups is 1. The minimum Gasteiger partial charge on any atom is -0.336 e. The van der Waals surface area contributed by atoms with Gasteiger partial charge in [-0.1, -0.05) is 6.07 Å². The molecule has 0 saturated heterocycles. The van der Waals surface area contributed by atoms with Gasteiger partial charge in [-0.2, -0.15) is 8.78 Å². The Labute approximate surface area is 154 Å². The molecule has 10 heteroatoms. The smallest absolute Gasteiger partial charge is 0.336 e. The van der Waals surface area contributed by atoms with Crippen LogP contribution in [0.4, 0.5) is 19.3 Å². The van der Waals surface area contributed by atoms with E-state index >= 15 is 0 Å². The van der Waals surface area contributed by atoms with Crippen LogP contribution in [-0.4, -0.2) is 45.7 Å². The number of nitrogens with zero attached hydrogens (tertiary/aromatic N) is 1. The SMILES string of the molecule is CN(C)C(CNC(=O)Nc1ccc(S(=O)(=O)C(F)F)cc1)c1cccs1. The van der Waals surface area contributed by atoms with Gasteiger partial charge in [0, 0.05) is 17.1 Å². The lowest BCUT2D eigenvalue weighted by molar-refractivity contribution is 0.234. The Bertz CT molecular complexity index is 823. The zero-order chi connectivity index (χ0) is 19.3. The van der Waals surface area contributed by atoms with E-state index < -0.39 is 26.5 Å². The summed E-state index contributed by atoms with van der Waals surface area (Å²) in [6, 6.07) is 8.05. The summed E-state index contributed by atoms with van der Waals surface area (Å²) < 4.78 is 47.7. The molecule has 6 nitrogen and oxygen atoms in total. The number of nitrogens with one attached hydrogen (secondary N) is 2. The van der Waals surface area contributed by atoms with Gasteiger partial charge in [-0.25, -0.2) is 13.2 Å². The molecule has 1 heterocycles. The van der Waals surface area contributed by atoms with Crippen LogP contribution in [0, 0.1) is 0 Å².